The van der Waals surface area contributed by atoms with Crippen LogP contribution >= 0.6 is 0 Å². The summed E-state index contributed by atoms with van der Waals surface area (Å²) in [6.07, 6.45) is 2.14. The second kappa shape index (κ2) is 7.92. The van der Waals surface area contributed by atoms with E-state index < -0.39 is 0 Å². The Morgan fingerprint density at radius 3 is 2.73 bits per heavy atom. The van der Waals surface area contributed by atoms with E-state index in [-0.39, 0.29) is 18.5 Å². The highest BCUT2D eigenvalue weighted by Crippen LogP contribution is 2.13. The summed E-state index contributed by atoms with van der Waals surface area (Å²) < 4.78 is 5.12. The van der Waals surface area contributed by atoms with E-state index in [4.69, 9.17) is 10.5 Å². The third-order valence-corrected chi connectivity index (χ3v) is 2.83. The highest BCUT2D eigenvalue weighted by Gasteiger charge is 2.08. The number of nitrogens with one attached hydrogen (secondary N) is 1. The van der Waals surface area contributed by atoms with Crippen LogP contribution in [-0.2, 0) is 16.1 Å². The second-order valence-corrected chi connectivity index (χ2v) is 4.69. The van der Waals surface area contributed by atoms with E-state index in [0.29, 0.717) is 18.2 Å². The maximum Gasteiger partial charge on any atom is 0.306 e. The number of benzene rings is 1. The van der Waals surface area contributed by atoms with Crippen LogP contribution < -0.4 is 11.1 Å². The minimum Gasteiger partial charge on any atom is -0.457 e. The highest BCUT2D eigenvalue weighted by molar-refractivity contribution is 5.69. The molecule has 2 aromatic rings. The Morgan fingerprint density at radius 2 is 2.00 bits per heavy atom. The molecule has 0 amide bonds. The van der Waals surface area contributed by atoms with Gasteiger partial charge < -0.3 is 15.8 Å². The van der Waals surface area contributed by atoms with Crippen LogP contribution in [0.2, 0.25) is 0 Å². The van der Waals surface area contributed by atoms with Gasteiger partial charge in [-0.15, -0.1) is 0 Å². The minimum atomic E-state index is -0.265. The maximum atomic E-state index is 11.5. The van der Waals surface area contributed by atoms with E-state index in [0.717, 1.165) is 18.5 Å². The number of nitrogens with two attached hydrogens (primary N) is 1. The van der Waals surface area contributed by atoms with Crippen molar-refractivity contribution in [1.29, 1.82) is 0 Å². The van der Waals surface area contributed by atoms with E-state index >= 15 is 0 Å². The zero-order valence-electron chi connectivity index (χ0n) is 12.5. The van der Waals surface area contributed by atoms with Crippen LogP contribution in [0.5, 0.6) is 0 Å². The van der Waals surface area contributed by atoms with Crippen molar-refractivity contribution in [3.8, 4) is 0 Å². The summed E-state index contributed by atoms with van der Waals surface area (Å²) >= 11 is 0. The van der Waals surface area contributed by atoms with Gasteiger partial charge in [0.25, 0.3) is 0 Å². The molecule has 1 heterocycles. The van der Waals surface area contributed by atoms with Gasteiger partial charge in [-0.3, -0.25) is 4.79 Å². The van der Waals surface area contributed by atoms with Crippen LogP contribution in [0, 0.1) is 0 Å². The Hall–Kier alpha value is -2.70. The first-order chi connectivity index (χ1) is 10.7. The molecular weight excluding hydrogens is 282 g/mol. The molecule has 0 bridgehead atoms. The topological polar surface area (TPSA) is 103 Å². The molecule has 0 atom stereocenters. The Kier molecular flexibility index (Phi) is 5.65. The molecule has 3 N–H and O–H groups in total. The first-order valence-electron chi connectivity index (χ1n) is 7.15. The largest absolute Gasteiger partial charge is 0.457 e. The molecule has 0 aliphatic heterocycles. The molecule has 7 heteroatoms. The molecule has 0 aliphatic carbocycles. The molecule has 0 fully saturated rings. The van der Waals surface area contributed by atoms with Crippen molar-refractivity contribution >= 4 is 23.6 Å². The van der Waals surface area contributed by atoms with E-state index in [2.05, 4.69) is 20.3 Å². The highest BCUT2D eigenvalue weighted by atomic mass is 16.5. The number of esters is 1. The first kappa shape index (κ1) is 15.7. The average Bonchev–Trinajstić information content (AvgIpc) is 2.51. The monoisotopic (exact) mass is 301 g/mol. The van der Waals surface area contributed by atoms with Crippen LogP contribution in [0.3, 0.4) is 0 Å². The molecule has 116 valence electrons. The van der Waals surface area contributed by atoms with Crippen molar-refractivity contribution in [2.75, 3.05) is 11.1 Å². The lowest BCUT2D eigenvalue weighted by Crippen LogP contribution is -2.11. The molecule has 0 saturated heterocycles. The lowest BCUT2D eigenvalue weighted by molar-refractivity contribution is -0.145. The summed E-state index contributed by atoms with van der Waals surface area (Å²) in [5, 5.41) is 3.02. The summed E-state index contributed by atoms with van der Waals surface area (Å²) in [5.41, 5.74) is 6.49. The van der Waals surface area contributed by atoms with Gasteiger partial charge in [-0.05, 0) is 18.6 Å². The third kappa shape index (κ3) is 5.01. The van der Waals surface area contributed by atoms with Gasteiger partial charge in [-0.1, -0.05) is 31.5 Å². The van der Waals surface area contributed by atoms with Crippen LogP contribution in [0.25, 0.3) is 0 Å². The molecule has 0 spiro atoms. The third-order valence-electron chi connectivity index (χ3n) is 2.83. The summed E-state index contributed by atoms with van der Waals surface area (Å²) in [7, 11) is 0. The van der Waals surface area contributed by atoms with Crippen LogP contribution in [-0.4, -0.2) is 20.9 Å². The number of anilines is 3. The Morgan fingerprint density at radius 1 is 1.23 bits per heavy atom. The summed E-state index contributed by atoms with van der Waals surface area (Å²) in [6, 6.07) is 9.45. The number of aromatic nitrogens is 3. The molecular formula is C15H19N5O2. The molecule has 0 unspecified atom stereocenters. The maximum absolute atomic E-state index is 11.5. The Labute approximate surface area is 129 Å². The standard InChI is InChI=1S/C15H19N5O2/c1-2-3-9-13(21)22-10-12-18-14(16)20-15(19-12)17-11-7-5-4-6-8-11/h4-8H,2-3,9-10H2,1H3,(H3,16,17,18,19,20). The van der Waals surface area contributed by atoms with Crippen LogP contribution in [0.15, 0.2) is 30.3 Å². The molecule has 22 heavy (non-hydrogen) atoms. The van der Waals surface area contributed by atoms with Gasteiger partial charge in [-0.25, -0.2) is 0 Å². The van der Waals surface area contributed by atoms with Gasteiger partial charge in [0.05, 0.1) is 0 Å². The molecule has 0 saturated carbocycles. The molecule has 1 aromatic heterocycles. The number of hydrogen-bond donors (Lipinski definition) is 2. The van der Waals surface area contributed by atoms with Crippen molar-refractivity contribution in [2.24, 2.45) is 0 Å². The summed E-state index contributed by atoms with van der Waals surface area (Å²) in [6.45, 7) is 2.00. The van der Waals surface area contributed by atoms with Crippen LogP contribution in [0.4, 0.5) is 17.6 Å². The predicted molar refractivity (Wildman–Crippen MR) is 83.3 cm³/mol. The molecule has 2 rings (SSSR count). The van der Waals surface area contributed by atoms with Gasteiger partial charge in [0, 0.05) is 12.1 Å². The fraction of sp³-hybridized carbons (Fsp3) is 0.333. The minimum absolute atomic E-state index is 0.0151. The van der Waals surface area contributed by atoms with Gasteiger partial charge in [-0.2, -0.15) is 15.0 Å². The van der Waals surface area contributed by atoms with E-state index in [1.165, 1.54) is 0 Å². The zero-order valence-corrected chi connectivity index (χ0v) is 12.5. The molecule has 1 aromatic carbocycles. The molecule has 0 radical (unpaired) electrons. The average molecular weight is 301 g/mol. The first-order valence-corrected chi connectivity index (χ1v) is 7.15. The Balaban J connectivity index is 1.99. The van der Waals surface area contributed by atoms with E-state index in [9.17, 15) is 4.79 Å². The van der Waals surface area contributed by atoms with Gasteiger partial charge in [0.2, 0.25) is 11.9 Å². The number of ether oxygens (including phenoxy) is 1. The fourth-order valence-electron chi connectivity index (χ4n) is 1.75. The smallest absolute Gasteiger partial charge is 0.306 e. The number of unbranched alkanes of at least 4 members (excludes halogenated alkanes) is 1. The van der Waals surface area contributed by atoms with Gasteiger partial charge in [0.1, 0.15) is 0 Å². The number of hydrogen-bond acceptors (Lipinski definition) is 7. The quantitative estimate of drug-likeness (QED) is 0.757. The lowest BCUT2D eigenvalue weighted by atomic mass is 10.2. The predicted octanol–water partition coefficient (Wildman–Crippen LogP) is 2.43. The fourth-order valence-corrected chi connectivity index (χ4v) is 1.75. The number of nitrogens with zero attached hydrogens (tertiary/aromatic N) is 3. The number of nitrogen functional groups attached to an aromatic ring is 1. The Bertz CT molecular complexity index is 619. The SMILES string of the molecule is CCCCC(=O)OCc1nc(N)nc(Nc2ccccc2)n1. The normalized spacial score (nSPS) is 10.2. The van der Waals surface area contributed by atoms with Gasteiger partial charge >= 0.3 is 5.97 Å². The van der Waals surface area contributed by atoms with Crippen LogP contribution in [0.1, 0.15) is 32.0 Å². The molecule has 7 nitrogen and oxygen atoms in total. The van der Waals surface area contributed by atoms with Crippen molar-refractivity contribution in [1.82, 2.24) is 15.0 Å². The van der Waals surface area contributed by atoms with Crippen molar-refractivity contribution < 1.29 is 9.53 Å². The van der Waals surface area contributed by atoms with Crippen molar-refractivity contribution in [3.05, 3.63) is 36.2 Å². The number of rotatable bonds is 7. The van der Waals surface area contributed by atoms with E-state index in [1.807, 2.05) is 37.3 Å². The zero-order chi connectivity index (χ0) is 15.8. The molecule has 0 aliphatic rings. The van der Waals surface area contributed by atoms with Crippen molar-refractivity contribution in [3.63, 3.8) is 0 Å². The van der Waals surface area contributed by atoms with E-state index in [1.54, 1.807) is 0 Å². The lowest BCUT2D eigenvalue weighted by Gasteiger charge is -2.08. The summed E-state index contributed by atoms with van der Waals surface area (Å²) in [4.78, 5) is 23.7. The number of para-hydroxylation sites is 1. The number of carbonyl (C=O) groups excluding carboxylic acids is 1. The van der Waals surface area contributed by atoms with Gasteiger partial charge in [0.15, 0.2) is 12.4 Å². The second-order valence-electron chi connectivity index (χ2n) is 4.69. The summed E-state index contributed by atoms with van der Waals surface area (Å²) in [5.74, 6) is 0.445. The van der Waals surface area contributed by atoms with Crippen molar-refractivity contribution in [2.45, 2.75) is 32.8 Å². The number of carbonyl (C=O) groups is 1.